The Hall–Kier alpha value is -0.250. The molecule has 0 aliphatic carbocycles. The van der Waals surface area contributed by atoms with Crippen molar-refractivity contribution < 1.29 is 13.6 Å². The standard InChI is InChI=1S/C3H8N2O3P/c1-7-9(6,8-2)3-5-4/h3H2,1-2H3/q-1. The second-order valence-electron chi connectivity index (χ2n) is 1.26. The lowest BCUT2D eigenvalue weighted by atomic mass is 11.5. The van der Waals surface area contributed by atoms with Crippen molar-refractivity contribution in [3.8, 4) is 0 Å². The van der Waals surface area contributed by atoms with Gasteiger partial charge in [-0.05, 0) is 0 Å². The van der Waals surface area contributed by atoms with E-state index in [9.17, 15) is 4.57 Å². The molecule has 0 unspecified atom stereocenters. The third-order valence-electron chi connectivity index (χ3n) is 0.793. The van der Waals surface area contributed by atoms with Crippen molar-refractivity contribution >= 4 is 7.60 Å². The van der Waals surface area contributed by atoms with Crippen molar-refractivity contribution in [2.24, 2.45) is 5.11 Å². The van der Waals surface area contributed by atoms with Crippen LogP contribution in [0.3, 0.4) is 0 Å². The van der Waals surface area contributed by atoms with E-state index in [1.165, 1.54) is 14.2 Å². The first-order chi connectivity index (χ1) is 4.18. The van der Waals surface area contributed by atoms with Crippen molar-refractivity contribution in [3.63, 3.8) is 0 Å². The molecular weight excluding hydrogens is 143 g/mol. The molecular formula is C3H8N2O3P-. The molecule has 0 aromatic carbocycles. The Labute approximate surface area is 53.4 Å². The van der Waals surface area contributed by atoms with Gasteiger partial charge < -0.3 is 19.7 Å². The van der Waals surface area contributed by atoms with Crippen molar-refractivity contribution in [1.82, 2.24) is 0 Å². The Morgan fingerprint density at radius 2 is 2.00 bits per heavy atom. The zero-order valence-electron chi connectivity index (χ0n) is 5.27. The molecule has 0 saturated heterocycles. The van der Waals surface area contributed by atoms with Crippen LogP contribution < -0.4 is 0 Å². The van der Waals surface area contributed by atoms with Gasteiger partial charge in [0.1, 0.15) is 6.29 Å². The third kappa shape index (κ3) is 2.70. The normalized spacial score (nSPS) is 11.3. The average Bonchev–Trinajstić information content (AvgIpc) is 1.89. The average molecular weight is 151 g/mol. The van der Waals surface area contributed by atoms with E-state index in [4.69, 9.17) is 5.53 Å². The maximum Gasteiger partial charge on any atom is 0.349 e. The second kappa shape index (κ2) is 3.71. The van der Waals surface area contributed by atoms with Crippen LogP contribution in [0, 0.1) is 0 Å². The lowest BCUT2D eigenvalue weighted by molar-refractivity contribution is 0.276. The molecule has 54 valence electrons. The van der Waals surface area contributed by atoms with Gasteiger partial charge >= 0.3 is 7.60 Å². The number of nitrogens with zero attached hydrogens (tertiary/aromatic N) is 2. The van der Waals surface area contributed by atoms with Crippen LogP contribution in [-0.4, -0.2) is 20.5 Å². The van der Waals surface area contributed by atoms with Gasteiger partial charge in [0.2, 0.25) is 0 Å². The van der Waals surface area contributed by atoms with Gasteiger partial charge in [0.15, 0.2) is 0 Å². The molecule has 0 spiro atoms. The van der Waals surface area contributed by atoms with Crippen LogP contribution in [-0.2, 0) is 13.6 Å². The summed E-state index contributed by atoms with van der Waals surface area (Å²) < 4.78 is 19.7. The molecule has 0 aliphatic heterocycles. The third-order valence-corrected chi connectivity index (χ3v) is 2.38. The molecule has 0 radical (unpaired) electrons. The molecule has 0 rings (SSSR count). The second-order valence-corrected chi connectivity index (χ2v) is 3.49. The molecule has 6 heteroatoms. The molecule has 9 heavy (non-hydrogen) atoms. The Kier molecular flexibility index (Phi) is 3.61. The highest BCUT2D eigenvalue weighted by atomic mass is 31.2. The quantitative estimate of drug-likeness (QED) is 0.451. The zero-order chi connectivity index (χ0) is 7.33. The van der Waals surface area contributed by atoms with E-state index in [0.717, 1.165) is 0 Å². The highest BCUT2D eigenvalue weighted by Gasteiger charge is 2.17. The van der Waals surface area contributed by atoms with Crippen LogP contribution in [0.25, 0.3) is 5.53 Å². The van der Waals surface area contributed by atoms with Crippen LogP contribution in [0.2, 0.25) is 0 Å². The van der Waals surface area contributed by atoms with E-state index in [0.29, 0.717) is 0 Å². The van der Waals surface area contributed by atoms with Gasteiger partial charge in [0, 0.05) is 14.2 Å². The van der Waals surface area contributed by atoms with Crippen molar-refractivity contribution in [2.45, 2.75) is 0 Å². The summed E-state index contributed by atoms with van der Waals surface area (Å²) >= 11 is 0. The minimum atomic E-state index is -3.10. The summed E-state index contributed by atoms with van der Waals surface area (Å²) in [6.45, 7) is 0. The van der Waals surface area contributed by atoms with Crippen molar-refractivity contribution in [1.29, 1.82) is 0 Å². The molecule has 0 atom stereocenters. The molecule has 0 bridgehead atoms. The highest BCUT2D eigenvalue weighted by Crippen LogP contribution is 2.45. The summed E-state index contributed by atoms with van der Waals surface area (Å²) in [6.07, 6.45) is -0.319. The Morgan fingerprint density at radius 3 is 2.11 bits per heavy atom. The van der Waals surface area contributed by atoms with E-state index in [1.54, 1.807) is 0 Å². The minimum Gasteiger partial charge on any atom is -0.711 e. The number of hydrogen-bond donors (Lipinski definition) is 0. The fraction of sp³-hybridized carbons (Fsp3) is 1.00. The lowest BCUT2D eigenvalue weighted by Gasteiger charge is -2.10. The summed E-state index contributed by atoms with van der Waals surface area (Å²) in [4.78, 5) is 0. The fourth-order valence-electron chi connectivity index (χ4n) is 0.267. The van der Waals surface area contributed by atoms with Gasteiger partial charge in [-0.2, -0.15) is 0 Å². The Morgan fingerprint density at radius 1 is 1.56 bits per heavy atom. The van der Waals surface area contributed by atoms with Crippen LogP contribution in [0.5, 0.6) is 0 Å². The van der Waals surface area contributed by atoms with E-state index >= 15 is 0 Å². The van der Waals surface area contributed by atoms with E-state index in [2.05, 4.69) is 14.2 Å². The first-order valence-electron chi connectivity index (χ1n) is 2.20. The van der Waals surface area contributed by atoms with Crippen LogP contribution >= 0.6 is 7.60 Å². The van der Waals surface area contributed by atoms with Crippen molar-refractivity contribution in [3.05, 3.63) is 5.53 Å². The molecule has 0 N–H and O–H groups in total. The van der Waals surface area contributed by atoms with Gasteiger partial charge in [-0.25, -0.2) is 0 Å². The van der Waals surface area contributed by atoms with E-state index in [-0.39, 0.29) is 6.29 Å². The van der Waals surface area contributed by atoms with Gasteiger partial charge in [-0.1, -0.05) is 0 Å². The largest absolute Gasteiger partial charge is 0.711 e. The topological polar surface area (TPSA) is 70.2 Å². The van der Waals surface area contributed by atoms with Crippen LogP contribution in [0.15, 0.2) is 5.11 Å². The molecule has 0 amide bonds. The Bertz CT molecular complexity index is 129. The predicted molar refractivity (Wildman–Crippen MR) is 32.3 cm³/mol. The maximum atomic E-state index is 10.9. The number of hydrogen-bond acceptors (Lipinski definition) is 4. The van der Waals surface area contributed by atoms with Gasteiger partial charge in [-0.15, -0.1) is 0 Å². The Balaban J connectivity index is 3.93. The molecule has 0 heterocycles. The summed E-state index contributed by atoms with van der Waals surface area (Å²) in [5, 5.41) is 2.64. The lowest BCUT2D eigenvalue weighted by Crippen LogP contribution is -1.90. The molecule has 0 aliphatic rings. The van der Waals surface area contributed by atoms with E-state index in [1.807, 2.05) is 0 Å². The van der Waals surface area contributed by atoms with Crippen LogP contribution in [0.1, 0.15) is 0 Å². The summed E-state index contributed by atoms with van der Waals surface area (Å²) in [6, 6.07) is 0. The summed E-state index contributed by atoms with van der Waals surface area (Å²) in [5.41, 5.74) is 7.96. The first kappa shape index (κ1) is 8.75. The first-order valence-corrected chi connectivity index (χ1v) is 3.92. The van der Waals surface area contributed by atoms with E-state index < -0.39 is 7.60 Å². The fourth-order valence-corrected chi connectivity index (χ4v) is 0.802. The smallest absolute Gasteiger partial charge is 0.349 e. The summed E-state index contributed by atoms with van der Waals surface area (Å²) in [7, 11) is -0.635. The molecule has 0 saturated carbocycles. The minimum absolute atomic E-state index is 0.319. The van der Waals surface area contributed by atoms with Gasteiger partial charge in [0.25, 0.3) is 0 Å². The van der Waals surface area contributed by atoms with Gasteiger partial charge in [-0.3, -0.25) is 4.57 Å². The molecule has 0 aromatic rings. The molecule has 0 aromatic heterocycles. The summed E-state index contributed by atoms with van der Waals surface area (Å²) in [5.74, 6) is 0. The molecule has 5 nitrogen and oxygen atoms in total. The maximum absolute atomic E-state index is 10.9. The predicted octanol–water partition coefficient (Wildman–Crippen LogP) is 1.45. The SMILES string of the molecule is COP(=O)(CN=[N-])OC. The van der Waals surface area contributed by atoms with Gasteiger partial charge in [0.05, 0.1) is 0 Å². The highest BCUT2D eigenvalue weighted by molar-refractivity contribution is 7.53. The monoisotopic (exact) mass is 151 g/mol. The molecule has 0 fully saturated rings. The number of rotatable bonds is 4. The van der Waals surface area contributed by atoms with Crippen LogP contribution in [0.4, 0.5) is 0 Å². The zero-order valence-corrected chi connectivity index (χ0v) is 6.17. The van der Waals surface area contributed by atoms with Crippen molar-refractivity contribution in [2.75, 3.05) is 20.5 Å².